The smallest absolute Gasteiger partial charge is 0.305 e. The van der Waals surface area contributed by atoms with Gasteiger partial charge in [0.05, 0.1) is 7.11 Å². The Kier molecular flexibility index (Phi) is 8.88. The van der Waals surface area contributed by atoms with Crippen molar-refractivity contribution in [2.75, 3.05) is 13.7 Å². The van der Waals surface area contributed by atoms with Gasteiger partial charge >= 0.3 is 5.97 Å². The van der Waals surface area contributed by atoms with Crippen LogP contribution in [0.3, 0.4) is 0 Å². The van der Waals surface area contributed by atoms with Crippen molar-refractivity contribution in [2.24, 2.45) is 0 Å². The number of hydrogen-bond donors (Lipinski definition) is 1. The number of carbonyl (C=O) groups is 2. The van der Waals surface area contributed by atoms with Gasteiger partial charge in [-0.1, -0.05) is 36.5 Å². The first kappa shape index (κ1) is 17.5. The largest absolute Gasteiger partial charge is 0.469 e. The molecular formula is C18H21NO3. The van der Waals surface area contributed by atoms with Gasteiger partial charge in [0.1, 0.15) is 0 Å². The maximum atomic E-state index is 11.5. The highest BCUT2D eigenvalue weighted by molar-refractivity contribution is 5.87. The van der Waals surface area contributed by atoms with Crippen LogP contribution in [0.1, 0.15) is 31.2 Å². The molecule has 0 bridgehead atoms. The van der Waals surface area contributed by atoms with Crippen LogP contribution < -0.4 is 5.32 Å². The van der Waals surface area contributed by atoms with Crippen LogP contribution in [0.2, 0.25) is 0 Å². The van der Waals surface area contributed by atoms with E-state index >= 15 is 0 Å². The summed E-state index contributed by atoms with van der Waals surface area (Å²) in [6, 6.07) is 9.59. The number of unbranched alkanes of at least 4 members (excludes halogenated alkanes) is 2. The maximum absolute atomic E-state index is 11.5. The number of esters is 1. The van der Waals surface area contributed by atoms with Gasteiger partial charge in [0.15, 0.2) is 0 Å². The zero-order valence-corrected chi connectivity index (χ0v) is 12.8. The highest BCUT2D eigenvalue weighted by Crippen LogP contribution is 2.00. The van der Waals surface area contributed by atoms with Crippen molar-refractivity contribution >= 4 is 11.9 Å². The first-order valence-corrected chi connectivity index (χ1v) is 7.30. The van der Waals surface area contributed by atoms with Crippen LogP contribution in [-0.4, -0.2) is 25.5 Å². The summed E-state index contributed by atoms with van der Waals surface area (Å²) in [6.07, 6.45) is 5.89. The van der Waals surface area contributed by atoms with Crippen molar-refractivity contribution < 1.29 is 14.3 Å². The average Bonchev–Trinajstić information content (AvgIpc) is 2.55. The number of nitrogens with one attached hydrogen (secondary N) is 1. The van der Waals surface area contributed by atoms with Crippen LogP contribution >= 0.6 is 0 Å². The van der Waals surface area contributed by atoms with Gasteiger partial charge in [-0.2, -0.15) is 0 Å². The van der Waals surface area contributed by atoms with Crippen molar-refractivity contribution in [1.29, 1.82) is 0 Å². The van der Waals surface area contributed by atoms with E-state index in [1.165, 1.54) is 13.2 Å². The van der Waals surface area contributed by atoms with Crippen molar-refractivity contribution in [1.82, 2.24) is 5.32 Å². The standard InChI is InChI=1S/C18H21NO3/c1-22-18(21)14-6-3-9-15-19-17(20)13-8-7-12-16-10-4-2-5-11-16/h2,4-5,8,10-11,13H,3,6,9,14-15H2,1H3,(H,19,20). The Labute approximate surface area is 131 Å². The van der Waals surface area contributed by atoms with E-state index in [4.69, 9.17) is 0 Å². The molecule has 0 heterocycles. The molecule has 0 atom stereocenters. The molecule has 1 aromatic rings. The number of benzene rings is 1. The minimum atomic E-state index is -0.191. The van der Waals surface area contributed by atoms with Gasteiger partial charge in [0.25, 0.3) is 0 Å². The Morgan fingerprint density at radius 1 is 1.18 bits per heavy atom. The van der Waals surface area contributed by atoms with Crippen LogP contribution in [-0.2, 0) is 14.3 Å². The molecule has 0 aliphatic rings. The van der Waals surface area contributed by atoms with Gasteiger partial charge in [0.2, 0.25) is 5.91 Å². The number of hydrogen-bond acceptors (Lipinski definition) is 3. The number of allylic oxidation sites excluding steroid dienone is 1. The Morgan fingerprint density at radius 2 is 1.95 bits per heavy atom. The maximum Gasteiger partial charge on any atom is 0.305 e. The minimum Gasteiger partial charge on any atom is -0.469 e. The summed E-state index contributed by atoms with van der Waals surface area (Å²) in [5, 5.41) is 2.77. The first-order chi connectivity index (χ1) is 10.7. The number of ether oxygens (including phenoxy) is 1. The van der Waals surface area contributed by atoms with E-state index in [-0.39, 0.29) is 11.9 Å². The van der Waals surface area contributed by atoms with E-state index in [1.807, 2.05) is 30.3 Å². The van der Waals surface area contributed by atoms with Crippen molar-refractivity contribution in [3.63, 3.8) is 0 Å². The summed E-state index contributed by atoms with van der Waals surface area (Å²) in [6.45, 7) is 0.594. The van der Waals surface area contributed by atoms with Crippen molar-refractivity contribution in [3.05, 3.63) is 48.0 Å². The second kappa shape index (κ2) is 11.2. The normalized spacial score (nSPS) is 9.86. The second-order valence-corrected chi connectivity index (χ2v) is 4.65. The van der Waals surface area contributed by atoms with E-state index in [0.29, 0.717) is 13.0 Å². The molecule has 0 aliphatic heterocycles. The molecule has 1 amide bonds. The monoisotopic (exact) mass is 299 g/mol. The number of carbonyl (C=O) groups excluding carboxylic acids is 2. The molecule has 4 nitrogen and oxygen atoms in total. The molecule has 22 heavy (non-hydrogen) atoms. The number of rotatable bonds is 7. The minimum absolute atomic E-state index is 0.157. The summed E-state index contributed by atoms with van der Waals surface area (Å²) in [4.78, 5) is 22.4. The topological polar surface area (TPSA) is 55.4 Å². The highest BCUT2D eigenvalue weighted by Gasteiger charge is 1.99. The first-order valence-electron chi connectivity index (χ1n) is 7.30. The molecule has 0 aromatic heterocycles. The lowest BCUT2D eigenvalue weighted by Gasteiger charge is -2.01. The van der Waals surface area contributed by atoms with Gasteiger partial charge in [-0.15, -0.1) is 0 Å². The summed E-state index contributed by atoms with van der Waals surface area (Å²) in [5.74, 6) is 5.41. The third-order valence-electron chi connectivity index (χ3n) is 2.89. The van der Waals surface area contributed by atoms with Crippen LogP contribution in [0, 0.1) is 11.8 Å². The SMILES string of the molecule is COC(=O)CCCCCNC(=O)C=CC#Cc1ccccc1. The fourth-order valence-electron chi connectivity index (χ4n) is 1.71. The summed E-state index contributed by atoms with van der Waals surface area (Å²) in [5.41, 5.74) is 0.915. The highest BCUT2D eigenvalue weighted by atomic mass is 16.5. The molecular weight excluding hydrogens is 278 g/mol. The molecule has 0 saturated carbocycles. The molecule has 4 heteroatoms. The molecule has 1 aromatic carbocycles. The summed E-state index contributed by atoms with van der Waals surface area (Å²) in [7, 11) is 1.38. The lowest BCUT2D eigenvalue weighted by molar-refractivity contribution is -0.140. The Hall–Kier alpha value is -2.54. The Balaban J connectivity index is 2.12. The molecule has 0 aliphatic carbocycles. The quantitative estimate of drug-likeness (QED) is 0.364. The fourth-order valence-corrected chi connectivity index (χ4v) is 1.71. The molecule has 1 N–H and O–H groups in total. The van der Waals surface area contributed by atoms with Crippen LogP contribution in [0.25, 0.3) is 0 Å². The van der Waals surface area contributed by atoms with E-state index in [1.54, 1.807) is 6.08 Å². The molecule has 1 rings (SSSR count). The second-order valence-electron chi connectivity index (χ2n) is 4.65. The van der Waals surface area contributed by atoms with E-state index in [2.05, 4.69) is 21.9 Å². The van der Waals surface area contributed by atoms with E-state index in [9.17, 15) is 9.59 Å². The lowest BCUT2D eigenvalue weighted by Crippen LogP contribution is -2.22. The molecule has 0 saturated heterocycles. The predicted molar refractivity (Wildman–Crippen MR) is 86.0 cm³/mol. The average molecular weight is 299 g/mol. The Morgan fingerprint density at radius 3 is 2.68 bits per heavy atom. The van der Waals surface area contributed by atoms with E-state index < -0.39 is 0 Å². The number of amides is 1. The molecule has 0 fully saturated rings. The summed E-state index contributed by atoms with van der Waals surface area (Å²) >= 11 is 0. The molecule has 0 radical (unpaired) electrons. The van der Waals surface area contributed by atoms with Crippen LogP contribution in [0.4, 0.5) is 0 Å². The van der Waals surface area contributed by atoms with Crippen LogP contribution in [0.5, 0.6) is 0 Å². The van der Waals surface area contributed by atoms with Gasteiger partial charge in [-0.25, -0.2) is 0 Å². The predicted octanol–water partition coefficient (Wildman–Crippen LogP) is 2.44. The molecule has 0 spiro atoms. The van der Waals surface area contributed by atoms with Crippen molar-refractivity contribution in [3.8, 4) is 11.8 Å². The van der Waals surface area contributed by atoms with Gasteiger partial charge in [0, 0.05) is 24.6 Å². The zero-order valence-electron chi connectivity index (χ0n) is 12.8. The Bertz CT molecular complexity index is 553. The third-order valence-corrected chi connectivity index (χ3v) is 2.89. The zero-order chi connectivity index (χ0) is 16.0. The van der Waals surface area contributed by atoms with Crippen LogP contribution in [0.15, 0.2) is 42.5 Å². The van der Waals surface area contributed by atoms with E-state index in [0.717, 1.165) is 24.8 Å². The third kappa shape index (κ3) is 8.60. The molecule has 116 valence electrons. The molecule has 0 unspecified atom stereocenters. The fraction of sp³-hybridized carbons (Fsp3) is 0.333. The lowest BCUT2D eigenvalue weighted by atomic mass is 10.2. The number of methoxy groups -OCH3 is 1. The summed E-state index contributed by atoms with van der Waals surface area (Å²) < 4.78 is 4.55. The van der Waals surface area contributed by atoms with Gasteiger partial charge < -0.3 is 10.1 Å². The van der Waals surface area contributed by atoms with Gasteiger partial charge in [-0.05, 0) is 31.1 Å². The van der Waals surface area contributed by atoms with Gasteiger partial charge in [-0.3, -0.25) is 9.59 Å². The van der Waals surface area contributed by atoms with Crippen molar-refractivity contribution in [2.45, 2.75) is 25.7 Å².